The Kier molecular flexibility index (Phi) is 8.29. The van der Waals surface area contributed by atoms with E-state index in [0.717, 1.165) is 24.3 Å². The van der Waals surface area contributed by atoms with Crippen LogP contribution in [0.1, 0.15) is 63.4 Å². The van der Waals surface area contributed by atoms with E-state index in [-0.39, 0.29) is 18.7 Å². The number of nitrogens with two attached hydrogens (primary N) is 1. The van der Waals surface area contributed by atoms with Gasteiger partial charge in [0.15, 0.2) is 0 Å². The molecule has 1 aliphatic carbocycles. The largest absolute Gasteiger partial charge is 0.442 e. The minimum Gasteiger partial charge on any atom is -0.442 e. The molecule has 2 rings (SSSR count). The molecule has 1 aliphatic rings. The number of hydrogen-bond donors (Lipinski definition) is 3. The van der Waals surface area contributed by atoms with Crippen molar-refractivity contribution in [3.8, 4) is 0 Å². The van der Waals surface area contributed by atoms with E-state index in [0.29, 0.717) is 12.3 Å². The van der Waals surface area contributed by atoms with Gasteiger partial charge in [-0.3, -0.25) is 24.8 Å². The molecule has 0 aliphatic heterocycles. The van der Waals surface area contributed by atoms with Gasteiger partial charge in [0, 0.05) is 18.8 Å². The minimum atomic E-state index is -0.904. The molecule has 4 N–H and O–H groups in total. The first-order valence-corrected chi connectivity index (χ1v) is 10.2. The van der Waals surface area contributed by atoms with Crippen molar-refractivity contribution in [2.45, 2.75) is 64.5 Å². The molecular weight excluding hydrogens is 404 g/mol. The summed E-state index contributed by atoms with van der Waals surface area (Å²) in [6, 6.07) is -0.904. The van der Waals surface area contributed by atoms with Gasteiger partial charge in [0.1, 0.15) is 17.3 Å². The lowest BCUT2D eigenvalue weighted by atomic mass is 9.80. The van der Waals surface area contributed by atoms with Crippen LogP contribution in [0.3, 0.4) is 0 Å². The zero-order valence-electron chi connectivity index (χ0n) is 18.1. The molecule has 11 nitrogen and oxygen atoms in total. The van der Waals surface area contributed by atoms with Crippen LogP contribution >= 0.6 is 0 Å². The molecular formula is C20H30N6O5. The summed E-state index contributed by atoms with van der Waals surface area (Å²) in [5.74, 6) is -1.49. The summed E-state index contributed by atoms with van der Waals surface area (Å²) in [5, 5.41) is 3.57. The van der Waals surface area contributed by atoms with Gasteiger partial charge in [-0.2, -0.15) is 0 Å². The van der Waals surface area contributed by atoms with E-state index in [4.69, 9.17) is 10.5 Å². The van der Waals surface area contributed by atoms with Crippen LogP contribution in [0.15, 0.2) is 18.6 Å². The summed E-state index contributed by atoms with van der Waals surface area (Å²) in [5.41, 5.74) is 6.92. The molecule has 1 fully saturated rings. The Morgan fingerprint density at radius 3 is 2.48 bits per heavy atom. The number of hydrogen-bond acceptors (Lipinski definition) is 7. The molecule has 4 amide bonds. The van der Waals surface area contributed by atoms with Crippen LogP contribution in [-0.4, -0.2) is 57.0 Å². The van der Waals surface area contributed by atoms with Crippen LogP contribution in [0.4, 0.5) is 4.79 Å². The zero-order valence-corrected chi connectivity index (χ0v) is 18.1. The minimum absolute atomic E-state index is 0.0756. The van der Waals surface area contributed by atoms with E-state index in [9.17, 15) is 19.2 Å². The number of ether oxygens (including phenoxy) is 1. The lowest BCUT2D eigenvalue weighted by molar-refractivity contribution is -0.129. The highest BCUT2D eigenvalue weighted by atomic mass is 16.6. The fourth-order valence-corrected chi connectivity index (χ4v) is 2.88. The second-order valence-corrected chi connectivity index (χ2v) is 8.47. The second kappa shape index (κ2) is 10.7. The average molecular weight is 434 g/mol. The molecule has 0 bridgehead atoms. The highest BCUT2D eigenvalue weighted by Gasteiger charge is 2.31. The van der Waals surface area contributed by atoms with E-state index in [2.05, 4.69) is 20.7 Å². The molecule has 0 saturated heterocycles. The molecule has 0 aromatic carbocycles. The van der Waals surface area contributed by atoms with Crippen molar-refractivity contribution in [2.75, 3.05) is 6.54 Å². The maximum atomic E-state index is 13.0. The molecule has 0 radical (unpaired) electrons. The maximum Gasteiger partial charge on any atom is 0.429 e. The third-order valence-electron chi connectivity index (χ3n) is 4.65. The van der Waals surface area contributed by atoms with Crippen molar-refractivity contribution < 1.29 is 23.9 Å². The summed E-state index contributed by atoms with van der Waals surface area (Å²) in [6.45, 7) is 4.88. The summed E-state index contributed by atoms with van der Waals surface area (Å²) >= 11 is 0. The lowest BCUT2D eigenvalue weighted by Gasteiger charge is -2.32. The third-order valence-corrected chi connectivity index (χ3v) is 4.65. The highest BCUT2D eigenvalue weighted by molar-refractivity contribution is 5.96. The fraction of sp³-hybridized carbons (Fsp3) is 0.600. The molecule has 31 heavy (non-hydrogen) atoms. The van der Waals surface area contributed by atoms with Crippen LogP contribution in [0.5, 0.6) is 0 Å². The number of primary amides is 1. The Morgan fingerprint density at radius 2 is 1.97 bits per heavy atom. The van der Waals surface area contributed by atoms with Crippen LogP contribution in [0, 0.1) is 5.92 Å². The Hall–Kier alpha value is -3.24. The van der Waals surface area contributed by atoms with Crippen LogP contribution in [0.2, 0.25) is 0 Å². The van der Waals surface area contributed by atoms with Gasteiger partial charge in [0.2, 0.25) is 5.91 Å². The molecule has 0 spiro atoms. The maximum absolute atomic E-state index is 13.0. The van der Waals surface area contributed by atoms with Crippen LogP contribution in [0.25, 0.3) is 0 Å². The Morgan fingerprint density at radius 1 is 1.26 bits per heavy atom. The van der Waals surface area contributed by atoms with Gasteiger partial charge in [-0.15, -0.1) is 0 Å². The van der Waals surface area contributed by atoms with E-state index >= 15 is 0 Å². The number of carbonyl (C=O) groups excluding carboxylic acids is 4. The second-order valence-electron chi connectivity index (χ2n) is 8.47. The van der Waals surface area contributed by atoms with Gasteiger partial charge in [-0.25, -0.2) is 14.8 Å². The van der Waals surface area contributed by atoms with E-state index in [1.165, 1.54) is 18.6 Å². The van der Waals surface area contributed by atoms with Gasteiger partial charge in [0.25, 0.3) is 11.8 Å². The van der Waals surface area contributed by atoms with Crippen molar-refractivity contribution in [1.29, 1.82) is 0 Å². The number of aromatic nitrogens is 2. The van der Waals surface area contributed by atoms with Gasteiger partial charge in [-0.1, -0.05) is 19.3 Å². The number of nitrogens with zero attached hydrogens (tertiary/aromatic N) is 3. The monoisotopic (exact) mass is 434 g/mol. The molecule has 1 unspecified atom stereocenters. The standard InChI is InChI=1S/C20H30N6O5/c1-20(2,3)31-19(30)26(10-7-16(21)27)25-18(29)14(11-13-5-4-6-13)24-17(28)15-12-22-8-9-23-15/h8-9,12-14H,4-7,10-11H2,1-3H3,(H2,21,27)(H,24,28)(H,25,29). The Labute approximate surface area is 181 Å². The van der Waals surface area contributed by atoms with Crippen LogP contribution < -0.4 is 16.5 Å². The van der Waals surface area contributed by atoms with Crippen molar-refractivity contribution in [3.63, 3.8) is 0 Å². The summed E-state index contributed by atoms with van der Waals surface area (Å²) in [6.07, 6.45) is 6.52. The van der Waals surface area contributed by atoms with Crippen LogP contribution in [-0.2, 0) is 14.3 Å². The molecule has 1 heterocycles. The highest BCUT2D eigenvalue weighted by Crippen LogP contribution is 2.30. The van der Waals surface area contributed by atoms with Crippen molar-refractivity contribution in [2.24, 2.45) is 11.7 Å². The molecule has 11 heteroatoms. The van der Waals surface area contributed by atoms with E-state index in [1.807, 2.05) is 0 Å². The SMILES string of the molecule is CC(C)(C)OC(=O)N(CCC(N)=O)NC(=O)C(CC1CCC1)NC(=O)c1cnccn1. The normalized spacial score (nSPS) is 14.7. The first-order valence-electron chi connectivity index (χ1n) is 10.2. The molecule has 1 saturated carbocycles. The fourth-order valence-electron chi connectivity index (χ4n) is 2.88. The average Bonchev–Trinajstić information content (AvgIpc) is 2.65. The van der Waals surface area contributed by atoms with Gasteiger partial charge >= 0.3 is 6.09 Å². The number of nitrogens with one attached hydrogen (secondary N) is 2. The van der Waals surface area contributed by atoms with Crippen molar-refractivity contribution >= 4 is 23.8 Å². The van der Waals surface area contributed by atoms with E-state index in [1.54, 1.807) is 20.8 Å². The summed E-state index contributed by atoms with van der Waals surface area (Å²) in [4.78, 5) is 57.0. The topological polar surface area (TPSA) is 157 Å². The van der Waals surface area contributed by atoms with Crippen molar-refractivity contribution in [3.05, 3.63) is 24.3 Å². The lowest BCUT2D eigenvalue weighted by Crippen LogP contribution is -2.56. The van der Waals surface area contributed by atoms with Crippen molar-refractivity contribution in [1.82, 2.24) is 25.7 Å². The first kappa shape index (κ1) is 24.0. The third kappa shape index (κ3) is 8.19. The molecule has 1 aromatic rings. The Bertz CT molecular complexity index is 791. The number of hydrazine groups is 1. The smallest absolute Gasteiger partial charge is 0.429 e. The molecule has 170 valence electrons. The number of amides is 4. The summed E-state index contributed by atoms with van der Waals surface area (Å²) in [7, 11) is 0. The number of rotatable bonds is 8. The van der Waals surface area contributed by atoms with Gasteiger partial charge < -0.3 is 15.8 Å². The van der Waals surface area contributed by atoms with Gasteiger partial charge in [0.05, 0.1) is 12.7 Å². The Balaban J connectivity index is 2.12. The predicted molar refractivity (Wildman–Crippen MR) is 110 cm³/mol. The van der Waals surface area contributed by atoms with Gasteiger partial charge in [-0.05, 0) is 33.1 Å². The van der Waals surface area contributed by atoms with E-state index < -0.39 is 35.5 Å². The predicted octanol–water partition coefficient (Wildman–Crippen LogP) is 0.909. The quantitative estimate of drug-likeness (QED) is 0.513. The molecule has 1 aromatic heterocycles. The summed E-state index contributed by atoms with van der Waals surface area (Å²) < 4.78 is 5.29. The zero-order chi connectivity index (χ0) is 23.0. The molecule has 1 atom stereocenters. The first-order chi connectivity index (χ1) is 14.5. The number of carbonyl (C=O) groups is 4.